The van der Waals surface area contributed by atoms with Crippen molar-refractivity contribution in [3.8, 4) is 0 Å². The van der Waals surface area contributed by atoms with Gasteiger partial charge >= 0.3 is 12.2 Å². The van der Waals surface area contributed by atoms with Gasteiger partial charge in [0.2, 0.25) is 0 Å². The highest BCUT2D eigenvalue weighted by atomic mass is 19.4. The Morgan fingerprint density at radius 1 is 1.41 bits per heavy atom. The molecule has 1 saturated heterocycles. The lowest BCUT2D eigenvalue weighted by Gasteiger charge is -2.31. The van der Waals surface area contributed by atoms with Crippen LogP contribution in [-0.2, 0) is 12.7 Å². The van der Waals surface area contributed by atoms with Gasteiger partial charge in [0, 0.05) is 26.2 Å². The number of likely N-dealkylation sites (tertiary alicyclic amines) is 1. The van der Waals surface area contributed by atoms with Crippen LogP contribution in [0.2, 0.25) is 0 Å². The quantitative estimate of drug-likeness (QED) is 0.901. The molecule has 4 nitrogen and oxygen atoms in total. The number of benzene rings is 1. The molecule has 0 spiro atoms. The van der Waals surface area contributed by atoms with Gasteiger partial charge in [-0.15, -0.1) is 0 Å². The fourth-order valence-electron chi connectivity index (χ4n) is 2.55. The van der Waals surface area contributed by atoms with E-state index < -0.39 is 11.7 Å². The maximum Gasteiger partial charge on any atom is 0.416 e. The minimum absolute atomic E-state index is 0.0391. The SMILES string of the molecule is O=C(NCc1cccc(C(F)(F)F)c1)N1CCC[C@H](CO)C1. The molecule has 0 saturated carbocycles. The molecular formula is C15H19F3N2O2. The number of carbonyl (C=O) groups excluding carboxylic acids is 1. The molecule has 0 radical (unpaired) electrons. The predicted molar refractivity (Wildman–Crippen MR) is 75.1 cm³/mol. The van der Waals surface area contributed by atoms with Crippen LogP contribution in [0.4, 0.5) is 18.0 Å². The second-order valence-corrected chi connectivity index (χ2v) is 5.49. The van der Waals surface area contributed by atoms with E-state index in [4.69, 9.17) is 5.11 Å². The second-order valence-electron chi connectivity index (χ2n) is 5.49. The summed E-state index contributed by atoms with van der Waals surface area (Å²) in [7, 11) is 0. The standard InChI is InChI=1S/C15H19F3N2O2/c16-15(17,18)13-5-1-3-11(7-13)8-19-14(22)20-6-2-4-12(9-20)10-21/h1,3,5,7,12,21H,2,4,6,8-10H2,(H,19,22)/t12-/m0/s1. The summed E-state index contributed by atoms with van der Waals surface area (Å²) in [4.78, 5) is 13.6. The zero-order chi connectivity index (χ0) is 16.2. The van der Waals surface area contributed by atoms with Crippen LogP contribution >= 0.6 is 0 Å². The van der Waals surface area contributed by atoms with Crippen molar-refractivity contribution in [1.82, 2.24) is 10.2 Å². The number of urea groups is 1. The van der Waals surface area contributed by atoms with Crippen molar-refractivity contribution >= 4 is 6.03 Å². The Balaban J connectivity index is 1.91. The molecular weight excluding hydrogens is 297 g/mol. The first kappa shape index (κ1) is 16.6. The van der Waals surface area contributed by atoms with Crippen LogP contribution in [-0.4, -0.2) is 35.7 Å². The van der Waals surface area contributed by atoms with Gasteiger partial charge in [-0.05, 0) is 36.5 Å². The third-order valence-corrected chi connectivity index (χ3v) is 3.76. The molecule has 0 aliphatic carbocycles. The monoisotopic (exact) mass is 316 g/mol. The molecule has 1 heterocycles. The lowest BCUT2D eigenvalue weighted by atomic mass is 9.99. The summed E-state index contributed by atoms with van der Waals surface area (Å²) < 4.78 is 37.9. The van der Waals surface area contributed by atoms with Crippen LogP contribution in [0.15, 0.2) is 24.3 Å². The molecule has 7 heteroatoms. The van der Waals surface area contributed by atoms with Gasteiger partial charge in [-0.25, -0.2) is 4.79 Å². The highest BCUT2D eigenvalue weighted by Gasteiger charge is 2.30. The van der Waals surface area contributed by atoms with Crippen molar-refractivity contribution in [2.45, 2.75) is 25.6 Å². The predicted octanol–water partition coefficient (Wildman–Crippen LogP) is 2.62. The summed E-state index contributed by atoms with van der Waals surface area (Å²) in [5, 5.41) is 11.8. The second kappa shape index (κ2) is 7.00. The number of aliphatic hydroxyl groups is 1. The minimum Gasteiger partial charge on any atom is -0.396 e. The highest BCUT2D eigenvalue weighted by molar-refractivity contribution is 5.74. The third kappa shape index (κ3) is 4.37. The Labute approximate surface area is 126 Å². The molecule has 1 aliphatic rings. The first-order valence-corrected chi connectivity index (χ1v) is 7.20. The number of hydrogen-bond donors (Lipinski definition) is 2. The van der Waals surface area contributed by atoms with E-state index in [0.717, 1.165) is 25.0 Å². The molecule has 2 amide bonds. The van der Waals surface area contributed by atoms with E-state index in [1.807, 2.05) is 0 Å². The molecule has 0 unspecified atom stereocenters. The Morgan fingerprint density at radius 3 is 2.86 bits per heavy atom. The Bertz CT molecular complexity index is 520. The zero-order valence-electron chi connectivity index (χ0n) is 12.1. The van der Waals surface area contributed by atoms with Crippen molar-refractivity contribution in [2.24, 2.45) is 5.92 Å². The molecule has 1 fully saturated rings. The average Bonchev–Trinajstić information content (AvgIpc) is 2.52. The van der Waals surface area contributed by atoms with E-state index in [1.165, 1.54) is 6.07 Å². The van der Waals surface area contributed by atoms with Gasteiger partial charge in [-0.3, -0.25) is 0 Å². The van der Waals surface area contributed by atoms with Gasteiger partial charge in [0.25, 0.3) is 0 Å². The molecule has 2 N–H and O–H groups in total. The number of carbonyl (C=O) groups is 1. The molecule has 1 aromatic rings. The molecule has 22 heavy (non-hydrogen) atoms. The van der Waals surface area contributed by atoms with Crippen LogP contribution in [0.25, 0.3) is 0 Å². The molecule has 122 valence electrons. The largest absolute Gasteiger partial charge is 0.416 e. The highest BCUT2D eigenvalue weighted by Crippen LogP contribution is 2.29. The number of nitrogens with one attached hydrogen (secondary N) is 1. The number of nitrogens with zero attached hydrogens (tertiary/aromatic N) is 1. The average molecular weight is 316 g/mol. The maximum atomic E-state index is 12.6. The van der Waals surface area contributed by atoms with E-state index in [1.54, 1.807) is 11.0 Å². The van der Waals surface area contributed by atoms with E-state index in [0.29, 0.717) is 18.7 Å². The summed E-state index contributed by atoms with van der Waals surface area (Å²) in [5.74, 6) is 0.0769. The first-order chi connectivity index (χ1) is 10.4. The van der Waals surface area contributed by atoms with E-state index >= 15 is 0 Å². The summed E-state index contributed by atoms with van der Waals surface area (Å²) >= 11 is 0. The number of alkyl halides is 3. The summed E-state index contributed by atoms with van der Waals surface area (Å²) in [6.45, 7) is 1.16. The van der Waals surface area contributed by atoms with Crippen molar-refractivity contribution in [1.29, 1.82) is 0 Å². The van der Waals surface area contributed by atoms with Crippen molar-refractivity contribution in [2.75, 3.05) is 19.7 Å². The number of aliphatic hydroxyl groups excluding tert-OH is 1. The molecule has 1 aliphatic heterocycles. The molecule has 0 aromatic heterocycles. The number of piperidine rings is 1. The number of rotatable bonds is 3. The summed E-state index contributed by atoms with van der Waals surface area (Å²) in [6.07, 6.45) is -2.68. The van der Waals surface area contributed by atoms with Crippen LogP contribution in [0.3, 0.4) is 0 Å². The van der Waals surface area contributed by atoms with Gasteiger partial charge in [-0.1, -0.05) is 12.1 Å². The third-order valence-electron chi connectivity index (χ3n) is 3.76. The van der Waals surface area contributed by atoms with Crippen molar-refractivity contribution in [3.05, 3.63) is 35.4 Å². The summed E-state index contributed by atoms with van der Waals surface area (Å²) in [5.41, 5.74) is -0.323. The molecule has 0 bridgehead atoms. The lowest BCUT2D eigenvalue weighted by Crippen LogP contribution is -2.45. The Morgan fingerprint density at radius 2 is 2.18 bits per heavy atom. The zero-order valence-corrected chi connectivity index (χ0v) is 12.1. The Hall–Kier alpha value is -1.76. The molecule has 2 rings (SSSR count). The van der Waals surface area contributed by atoms with E-state index in [2.05, 4.69) is 5.32 Å². The van der Waals surface area contributed by atoms with Crippen LogP contribution in [0, 0.1) is 5.92 Å². The lowest BCUT2D eigenvalue weighted by molar-refractivity contribution is -0.137. The van der Waals surface area contributed by atoms with E-state index in [-0.39, 0.29) is 25.1 Å². The van der Waals surface area contributed by atoms with Crippen LogP contribution in [0.1, 0.15) is 24.0 Å². The van der Waals surface area contributed by atoms with Crippen LogP contribution in [0.5, 0.6) is 0 Å². The number of hydrogen-bond acceptors (Lipinski definition) is 2. The Kier molecular flexibility index (Phi) is 5.28. The van der Waals surface area contributed by atoms with Gasteiger partial charge < -0.3 is 15.3 Å². The van der Waals surface area contributed by atoms with Gasteiger partial charge in [-0.2, -0.15) is 13.2 Å². The fraction of sp³-hybridized carbons (Fsp3) is 0.533. The number of halogens is 3. The molecule has 1 aromatic carbocycles. The van der Waals surface area contributed by atoms with Crippen molar-refractivity contribution in [3.63, 3.8) is 0 Å². The van der Waals surface area contributed by atoms with Crippen molar-refractivity contribution < 1.29 is 23.1 Å². The van der Waals surface area contributed by atoms with E-state index in [9.17, 15) is 18.0 Å². The fourth-order valence-corrected chi connectivity index (χ4v) is 2.55. The minimum atomic E-state index is -4.39. The van der Waals surface area contributed by atoms with Crippen LogP contribution < -0.4 is 5.32 Å². The first-order valence-electron chi connectivity index (χ1n) is 7.20. The topological polar surface area (TPSA) is 52.6 Å². The molecule has 1 atom stereocenters. The maximum absolute atomic E-state index is 12.6. The summed E-state index contributed by atoms with van der Waals surface area (Å²) in [6, 6.07) is 4.60. The normalized spacial score (nSPS) is 19.1. The van der Waals surface area contributed by atoms with Gasteiger partial charge in [0.15, 0.2) is 0 Å². The van der Waals surface area contributed by atoms with Gasteiger partial charge in [0.05, 0.1) is 5.56 Å². The van der Waals surface area contributed by atoms with Gasteiger partial charge in [0.1, 0.15) is 0 Å². The number of amides is 2. The smallest absolute Gasteiger partial charge is 0.396 e.